The Bertz CT molecular complexity index is 883. The van der Waals surface area contributed by atoms with Crippen molar-refractivity contribution in [2.75, 3.05) is 11.1 Å². The Kier molecular flexibility index (Phi) is 6.26. The maximum Gasteiger partial charge on any atom is 0.193 e. The number of hydrogen-bond acceptors (Lipinski definition) is 3. The van der Waals surface area contributed by atoms with Crippen LogP contribution in [0.2, 0.25) is 0 Å². The summed E-state index contributed by atoms with van der Waals surface area (Å²) >= 11 is 0. The van der Waals surface area contributed by atoms with Crippen LogP contribution in [-0.4, -0.2) is 5.78 Å². The molecule has 0 aromatic heterocycles. The van der Waals surface area contributed by atoms with Crippen LogP contribution in [0.1, 0.15) is 47.7 Å². The molecular weight excluding hydrogens is 332 g/mol. The zero-order chi connectivity index (χ0) is 19.1. The van der Waals surface area contributed by atoms with Gasteiger partial charge in [0.1, 0.15) is 0 Å². The number of carbonyl (C=O) groups is 1. The van der Waals surface area contributed by atoms with Crippen LogP contribution in [0.25, 0.3) is 0 Å². The molecule has 0 amide bonds. The minimum Gasteiger partial charge on any atom is -0.397 e. The number of unbranched alkanes of at least 4 members (excludes halogenated alkanes) is 2. The number of nitrogens with two attached hydrogens (primary N) is 1. The lowest BCUT2D eigenvalue weighted by molar-refractivity contribution is 0.103. The van der Waals surface area contributed by atoms with E-state index in [1.54, 1.807) is 0 Å². The summed E-state index contributed by atoms with van der Waals surface area (Å²) in [6.45, 7) is 2.21. The number of nitrogens with one attached hydrogen (secondary N) is 1. The summed E-state index contributed by atoms with van der Waals surface area (Å²) in [5.41, 5.74) is 11.1. The van der Waals surface area contributed by atoms with E-state index in [1.165, 1.54) is 24.8 Å². The van der Waals surface area contributed by atoms with Crippen molar-refractivity contribution in [2.45, 2.75) is 32.6 Å². The highest BCUT2D eigenvalue weighted by atomic mass is 16.1. The Balaban J connectivity index is 1.66. The second-order valence-electron chi connectivity index (χ2n) is 6.77. The van der Waals surface area contributed by atoms with Crippen molar-refractivity contribution in [1.29, 1.82) is 0 Å². The second kappa shape index (κ2) is 9.04. The highest BCUT2D eigenvalue weighted by Gasteiger charge is 2.09. The molecule has 3 nitrogen and oxygen atoms in total. The Hall–Kier alpha value is -3.07. The van der Waals surface area contributed by atoms with E-state index < -0.39 is 0 Å². The van der Waals surface area contributed by atoms with Crippen LogP contribution in [0.15, 0.2) is 72.8 Å². The van der Waals surface area contributed by atoms with Gasteiger partial charge >= 0.3 is 0 Å². The monoisotopic (exact) mass is 358 g/mol. The fourth-order valence-electron chi connectivity index (χ4n) is 3.04. The van der Waals surface area contributed by atoms with Crippen LogP contribution in [0.3, 0.4) is 0 Å². The molecule has 0 aliphatic carbocycles. The van der Waals surface area contributed by atoms with E-state index in [0.717, 1.165) is 23.4 Å². The van der Waals surface area contributed by atoms with Crippen molar-refractivity contribution in [3.63, 3.8) is 0 Å². The first-order valence-electron chi connectivity index (χ1n) is 9.52. The maximum atomic E-state index is 12.7. The zero-order valence-corrected chi connectivity index (χ0v) is 15.7. The second-order valence-corrected chi connectivity index (χ2v) is 6.77. The standard InChI is InChI=1S/C24H26N2O/c1-2-3-4-7-18-10-12-19(13-11-18)24(27)20-14-16-21(17-15-20)26-23-9-6-5-8-22(23)25/h5-6,8-17,26H,2-4,7,25H2,1H3. The third kappa shape index (κ3) is 4.98. The number of carbonyl (C=O) groups excluding carboxylic acids is 1. The van der Waals surface area contributed by atoms with E-state index in [2.05, 4.69) is 24.4 Å². The molecule has 27 heavy (non-hydrogen) atoms. The maximum absolute atomic E-state index is 12.7. The Morgan fingerprint density at radius 1 is 0.852 bits per heavy atom. The zero-order valence-electron chi connectivity index (χ0n) is 15.7. The topological polar surface area (TPSA) is 55.1 Å². The Morgan fingerprint density at radius 3 is 2.11 bits per heavy atom. The van der Waals surface area contributed by atoms with E-state index in [-0.39, 0.29) is 5.78 Å². The van der Waals surface area contributed by atoms with Crippen LogP contribution in [-0.2, 0) is 6.42 Å². The third-order valence-corrected chi connectivity index (χ3v) is 4.67. The molecule has 0 unspecified atom stereocenters. The number of nitrogen functional groups attached to an aromatic ring is 1. The van der Waals surface area contributed by atoms with Gasteiger partial charge in [-0.05, 0) is 54.8 Å². The number of anilines is 3. The minimum atomic E-state index is 0.0425. The van der Waals surface area contributed by atoms with Gasteiger partial charge in [-0.3, -0.25) is 4.79 Å². The van der Waals surface area contributed by atoms with E-state index >= 15 is 0 Å². The normalized spacial score (nSPS) is 10.6. The fraction of sp³-hybridized carbons (Fsp3) is 0.208. The van der Waals surface area contributed by atoms with Crippen molar-refractivity contribution in [3.05, 3.63) is 89.5 Å². The molecule has 138 valence electrons. The van der Waals surface area contributed by atoms with Gasteiger partial charge < -0.3 is 11.1 Å². The fourth-order valence-corrected chi connectivity index (χ4v) is 3.04. The summed E-state index contributed by atoms with van der Waals surface area (Å²) in [4.78, 5) is 12.7. The molecule has 0 bridgehead atoms. The molecular formula is C24H26N2O. The highest BCUT2D eigenvalue weighted by Crippen LogP contribution is 2.23. The largest absolute Gasteiger partial charge is 0.397 e. The number of rotatable bonds is 8. The molecule has 0 aliphatic heterocycles. The summed E-state index contributed by atoms with van der Waals surface area (Å²) in [6.07, 6.45) is 4.74. The summed E-state index contributed by atoms with van der Waals surface area (Å²) in [7, 11) is 0. The first-order chi connectivity index (χ1) is 13.2. The average Bonchev–Trinajstić information content (AvgIpc) is 2.70. The molecule has 0 heterocycles. The van der Waals surface area contributed by atoms with Crippen molar-refractivity contribution < 1.29 is 4.79 Å². The highest BCUT2D eigenvalue weighted by molar-refractivity contribution is 6.09. The molecule has 3 aromatic rings. The lowest BCUT2D eigenvalue weighted by Gasteiger charge is -2.10. The van der Waals surface area contributed by atoms with E-state index in [1.807, 2.05) is 60.7 Å². The summed E-state index contributed by atoms with van der Waals surface area (Å²) in [5.74, 6) is 0.0425. The first kappa shape index (κ1) is 18.7. The van der Waals surface area contributed by atoms with Crippen LogP contribution in [0.5, 0.6) is 0 Å². The molecule has 3 rings (SSSR count). The Morgan fingerprint density at radius 2 is 1.48 bits per heavy atom. The summed E-state index contributed by atoms with van der Waals surface area (Å²) < 4.78 is 0. The van der Waals surface area contributed by atoms with Gasteiger partial charge in [0.25, 0.3) is 0 Å². The van der Waals surface area contributed by atoms with E-state index in [9.17, 15) is 4.79 Å². The van der Waals surface area contributed by atoms with Crippen LogP contribution in [0.4, 0.5) is 17.1 Å². The van der Waals surface area contributed by atoms with Gasteiger partial charge in [-0.2, -0.15) is 0 Å². The molecule has 3 heteroatoms. The van der Waals surface area contributed by atoms with Gasteiger partial charge in [0.05, 0.1) is 11.4 Å². The molecule has 0 atom stereocenters. The van der Waals surface area contributed by atoms with Gasteiger partial charge in [0, 0.05) is 16.8 Å². The average molecular weight is 358 g/mol. The minimum absolute atomic E-state index is 0.0425. The molecule has 3 N–H and O–H groups in total. The first-order valence-corrected chi connectivity index (χ1v) is 9.52. The van der Waals surface area contributed by atoms with Gasteiger partial charge in [-0.25, -0.2) is 0 Å². The summed E-state index contributed by atoms with van der Waals surface area (Å²) in [6, 6.07) is 23.1. The van der Waals surface area contributed by atoms with E-state index in [4.69, 9.17) is 5.73 Å². The number of para-hydroxylation sites is 2. The SMILES string of the molecule is CCCCCc1ccc(C(=O)c2ccc(Nc3ccccc3N)cc2)cc1. The lowest BCUT2D eigenvalue weighted by atomic mass is 10.00. The van der Waals surface area contributed by atoms with Gasteiger partial charge in [-0.15, -0.1) is 0 Å². The molecule has 0 saturated heterocycles. The molecule has 0 fully saturated rings. The van der Waals surface area contributed by atoms with Crippen molar-refractivity contribution in [2.24, 2.45) is 0 Å². The third-order valence-electron chi connectivity index (χ3n) is 4.67. The molecule has 3 aromatic carbocycles. The van der Waals surface area contributed by atoms with Gasteiger partial charge in [0.15, 0.2) is 5.78 Å². The smallest absolute Gasteiger partial charge is 0.193 e. The van der Waals surface area contributed by atoms with E-state index in [0.29, 0.717) is 11.3 Å². The van der Waals surface area contributed by atoms with Crippen molar-refractivity contribution >= 4 is 22.8 Å². The molecule has 0 saturated carbocycles. The van der Waals surface area contributed by atoms with Crippen LogP contribution >= 0.6 is 0 Å². The quantitative estimate of drug-likeness (QED) is 0.296. The predicted molar refractivity (Wildman–Crippen MR) is 114 cm³/mol. The van der Waals surface area contributed by atoms with Gasteiger partial charge in [0.2, 0.25) is 0 Å². The number of ketones is 1. The predicted octanol–water partition coefficient (Wildman–Crippen LogP) is 5.98. The Labute approximate surface area is 161 Å². The van der Waals surface area contributed by atoms with Crippen molar-refractivity contribution in [3.8, 4) is 0 Å². The molecule has 0 radical (unpaired) electrons. The van der Waals surface area contributed by atoms with Gasteiger partial charge in [-0.1, -0.05) is 56.2 Å². The number of aryl methyl sites for hydroxylation is 1. The lowest BCUT2D eigenvalue weighted by Crippen LogP contribution is -2.02. The summed E-state index contributed by atoms with van der Waals surface area (Å²) in [5, 5.41) is 3.27. The number of hydrogen-bond donors (Lipinski definition) is 2. The van der Waals surface area contributed by atoms with Crippen molar-refractivity contribution in [1.82, 2.24) is 0 Å². The van der Waals surface area contributed by atoms with Crippen LogP contribution in [0, 0.1) is 0 Å². The molecule has 0 spiro atoms. The number of benzene rings is 3. The molecule has 0 aliphatic rings. The van der Waals surface area contributed by atoms with Crippen LogP contribution < -0.4 is 11.1 Å².